The largest absolute Gasteiger partial charge is 0.385 e. The van der Waals surface area contributed by atoms with Crippen LogP contribution in [0.15, 0.2) is 30.3 Å². The molecule has 96 valence electrons. The zero-order valence-electron chi connectivity index (χ0n) is 10.1. The van der Waals surface area contributed by atoms with Crippen molar-refractivity contribution in [2.75, 3.05) is 35.4 Å². The molecule has 0 atom stereocenters. The Morgan fingerprint density at radius 3 is 2.53 bits per heavy atom. The molecule has 0 saturated heterocycles. The van der Waals surface area contributed by atoms with Crippen LogP contribution in [-0.2, 0) is 9.84 Å². The first-order valence-electron chi connectivity index (χ1n) is 5.62. The molecule has 0 aliphatic carbocycles. The molecule has 0 bridgehead atoms. The summed E-state index contributed by atoms with van der Waals surface area (Å²) in [5, 5.41) is 3.32. The van der Waals surface area contributed by atoms with Crippen molar-refractivity contribution in [3.8, 4) is 0 Å². The Bertz CT molecular complexity index is 404. The number of para-hydroxylation sites is 1. The van der Waals surface area contributed by atoms with E-state index in [4.69, 9.17) is 0 Å². The van der Waals surface area contributed by atoms with Gasteiger partial charge in [-0.1, -0.05) is 18.2 Å². The van der Waals surface area contributed by atoms with Gasteiger partial charge < -0.3 is 5.32 Å². The van der Waals surface area contributed by atoms with Gasteiger partial charge in [-0.2, -0.15) is 11.8 Å². The van der Waals surface area contributed by atoms with Crippen molar-refractivity contribution in [2.24, 2.45) is 0 Å². The van der Waals surface area contributed by atoms with Gasteiger partial charge in [0.25, 0.3) is 0 Å². The van der Waals surface area contributed by atoms with Crippen LogP contribution in [0.25, 0.3) is 0 Å². The van der Waals surface area contributed by atoms with E-state index in [0.717, 1.165) is 24.4 Å². The first-order chi connectivity index (χ1) is 8.08. The SMILES string of the molecule is CS(=O)(=O)CCSCCCNc1ccccc1. The second-order valence-corrected chi connectivity index (χ2v) is 7.37. The van der Waals surface area contributed by atoms with Gasteiger partial charge >= 0.3 is 0 Å². The van der Waals surface area contributed by atoms with E-state index in [9.17, 15) is 8.42 Å². The van der Waals surface area contributed by atoms with Crippen LogP contribution in [0, 0.1) is 0 Å². The van der Waals surface area contributed by atoms with Crippen molar-refractivity contribution in [3.63, 3.8) is 0 Å². The lowest BCUT2D eigenvalue weighted by Gasteiger charge is -2.05. The summed E-state index contributed by atoms with van der Waals surface area (Å²) >= 11 is 1.70. The quantitative estimate of drug-likeness (QED) is 0.738. The summed E-state index contributed by atoms with van der Waals surface area (Å²) < 4.78 is 21.8. The Balaban J connectivity index is 1.99. The smallest absolute Gasteiger partial charge is 0.148 e. The van der Waals surface area contributed by atoms with Crippen LogP contribution in [0.3, 0.4) is 0 Å². The molecule has 0 saturated carbocycles. The monoisotopic (exact) mass is 273 g/mol. The molecule has 0 radical (unpaired) electrons. The van der Waals surface area contributed by atoms with Gasteiger partial charge in [0.1, 0.15) is 9.84 Å². The Morgan fingerprint density at radius 2 is 1.88 bits per heavy atom. The molecule has 1 aromatic carbocycles. The van der Waals surface area contributed by atoms with Gasteiger partial charge in [-0.15, -0.1) is 0 Å². The first-order valence-corrected chi connectivity index (χ1v) is 8.84. The number of nitrogens with one attached hydrogen (secondary N) is 1. The molecule has 0 spiro atoms. The fourth-order valence-electron chi connectivity index (χ4n) is 1.28. The zero-order valence-corrected chi connectivity index (χ0v) is 11.7. The molecule has 0 fully saturated rings. The number of anilines is 1. The highest BCUT2D eigenvalue weighted by Gasteiger charge is 2.00. The topological polar surface area (TPSA) is 46.2 Å². The number of rotatable bonds is 8. The van der Waals surface area contributed by atoms with Crippen molar-refractivity contribution in [1.29, 1.82) is 0 Å². The van der Waals surface area contributed by atoms with E-state index in [0.29, 0.717) is 5.75 Å². The van der Waals surface area contributed by atoms with Gasteiger partial charge in [-0.25, -0.2) is 8.42 Å². The number of hydrogen-bond donors (Lipinski definition) is 1. The van der Waals surface area contributed by atoms with Gasteiger partial charge in [0.05, 0.1) is 5.75 Å². The van der Waals surface area contributed by atoms with Crippen molar-refractivity contribution < 1.29 is 8.42 Å². The Morgan fingerprint density at radius 1 is 1.18 bits per heavy atom. The molecular formula is C12H19NO2S2. The maximum Gasteiger partial charge on any atom is 0.148 e. The summed E-state index contributed by atoms with van der Waals surface area (Å²) in [4.78, 5) is 0. The van der Waals surface area contributed by atoms with Crippen molar-refractivity contribution in [1.82, 2.24) is 0 Å². The Hall–Kier alpha value is -0.680. The predicted octanol–water partition coefficient (Wildman–Crippen LogP) is 2.27. The van der Waals surface area contributed by atoms with Crippen LogP contribution in [-0.4, -0.2) is 38.5 Å². The van der Waals surface area contributed by atoms with E-state index in [1.165, 1.54) is 6.26 Å². The maximum absolute atomic E-state index is 10.9. The van der Waals surface area contributed by atoms with Crippen LogP contribution in [0.2, 0.25) is 0 Å². The highest BCUT2D eigenvalue weighted by molar-refractivity contribution is 8.00. The number of thioether (sulfide) groups is 1. The fraction of sp³-hybridized carbons (Fsp3) is 0.500. The van der Waals surface area contributed by atoms with Crippen molar-refractivity contribution in [2.45, 2.75) is 6.42 Å². The van der Waals surface area contributed by atoms with Gasteiger partial charge in [-0.3, -0.25) is 0 Å². The van der Waals surface area contributed by atoms with Crippen LogP contribution >= 0.6 is 11.8 Å². The van der Waals surface area contributed by atoms with E-state index >= 15 is 0 Å². The zero-order chi connectivity index (χ0) is 12.6. The molecule has 1 aromatic rings. The molecular weight excluding hydrogens is 254 g/mol. The minimum absolute atomic E-state index is 0.282. The molecule has 1 rings (SSSR count). The molecule has 5 heteroatoms. The molecule has 3 nitrogen and oxygen atoms in total. The normalized spacial score (nSPS) is 11.4. The summed E-state index contributed by atoms with van der Waals surface area (Å²) in [5.41, 5.74) is 1.13. The number of hydrogen-bond acceptors (Lipinski definition) is 4. The number of benzene rings is 1. The molecule has 0 unspecified atom stereocenters. The lowest BCUT2D eigenvalue weighted by Crippen LogP contribution is -2.06. The minimum Gasteiger partial charge on any atom is -0.385 e. The molecule has 17 heavy (non-hydrogen) atoms. The lowest BCUT2D eigenvalue weighted by atomic mass is 10.3. The summed E-state index contributed by atoms with van der Waals surface area (Å²) in [6.45, 7) is 0.926. The van der Waals surface area contributed by atoms with Crippen LogP contribution < -0.4 is 5.32 Å². The average Bonchev–Trinajstić information content (AvgIpc) is 2.28. The number of sulfone groups is 1. The van der Waals surface area contributed by atoms with E-state index in [1.54, 1.807) is 11.8 Å². The van der Waals surface area contributed by atoms with Crippen molar-refractivity contribution in [3.05, 3.63) is 30.3 Å². The summed E-state index contributed by atoms with van der Waals surface area (Å²) in [6, 6.07) is 10.1. The third-order valence-corrected chi connectivity index (χ3v) is 4.44. The van der Waals surface area contributed by atoms with E-state index in [-0.39, 0.29) is 5.75 Å². The van der Waals surface area contributed by atoms with Gasteiger partial charge in [-0.05, 0) is 24.3 Å². The third-order valence-electron chi connectivity index (χ3n) is 2.17. The predicted molar refractivity (Wildman–Crippen MR) is 76.6 cm³/mol. The molecule has 0 heterocycles. The third kappa shape index (κ3) is 8.10. The Labute approximate surface area is 108 Å². The van der Waals surface area contributed by atoms with Crippen LogP contribution in [0.4, 0.5) is 5.69 Å². The second kappa shape index (κ2) is 7.61. The highest BCUT2D eigenvalue weighted by Crippen LogP contribution is 2.07. The van der Waals surface area contributed by atoms with E-state index in [2.05, 4.69) is 5.32 Å². The average molecular weight is 273 g/mol. The molecule has 0 aliphatic heterocycles. The molecule has 0 aliphatic rings. The summed E-state index contributed by atoms with van der Waals surface area (Å²) in [7, 11) is -2.80. The molecule has 0 amide bonds. The second-order valence-electron chi connectivity index (χ2n) is 3.89. The van der Waals surface area contributed by atoms with Gasteiger partial charge in [0.2, 0.25) is 0 Å². The summed E-state index contributed by atoms with van der Waals surface area (Å²) in [5.74, 6) is 1.98. The van der Waals surface area contributed by atoms with Crippen LogP contribution in [0.5, 0.6) is 0 Å². The maximum atomic E-state index is 10.9. The Kier molecular flexibility index (Phi) is 6.44. The van der Waals surface area contributed by atoms with Gasteiger partial charge in [0.15, 0.2) is 0 Å². The van der Waals surface area contributed by atoms with Crippen molar-refractivity contribution >= 4 is 27.3 Å². The van der Waals surface area contributed by atoms with E-state index < -0.39 is 9.84 Å². The molecule has 1 N–H and O–H groups in total. The molecule has 0 aromatic heterocycles. The fourth-order valence-corrected chi connectivity index (χ4v) is 3.51. The lowest BCUT2D eigenvalue weighted by molar-refractivity contribution is 0.603. The summed E-state index contributed by atoms with van der Waals surface area (Å²) in [6.07, 6.45) is 2.33. The highest BCUT2D eigenvalue weighted by atomic mass is 32.2. The minimum atomic E-state index is -2.80. The standard InChI is InChI=1S/C12H19NO2S2/c1-17(14,15)11-10-16-9-5-8-13-12-6-3-2-4-7-12/h2-4,6-7,13H,5,8-11H2,1H3. The first kappa shape index (κ1) is 14.4. The van der Waals surface area contributed by atoms with Crippen LogP contribution in [0.1, 0.15) is 6.42 Å². The van der Waals surface area contributed by atoms with Gasteiger partial charge in [0, 0.05) is 24.2 Å². The van der Waals surface area contributed by atoms with E-state index in [1.807, 2.05) is 30.3 Å².